The number of anilines is 2. The molecule has 5 rings (SSSR count). The number of Topliss-reactive ketones (excluding diaryl/α,β-unsaturated/α-hetero) is 1. The summed E-state index contributed by atoms with van der Waals surface area (Å²) in [4.78, 5) is 24.4. The molecule has 0 aliphatic rings. The molecule has 0 bridgehead atoms. The van der Waals surface area contributed by atoms with Crippen molar-refractivity contribution >= 4 is 39.7 Å². The second-order valence-corrected chi connectivity index (χ2v) is 13.3. The van der Waals surface area contributed by atoms with E-state index in [-0.39, 0.29) is 11.8 Å². The Labute approximate surface area is 365 Å². The third kappa shape index (κ3) is 20.0. The van der Waals surface area contributed by atoms with E-state index in [0.717, 1.165) is 42.9 Å². The van der Waals surface area contributed by atoms with Gasteiger partial charge in [-0.25, -0.2) is 14.6 Å². The normalized spacial score (nSPS) is 11.1. The lowest BCUT2D eigenvalue weighted by Gasteiger charge is -2.06. The van der Waals surface area contributed by atoms with E-state index in [2.05, 4.69) is 27.1 Å². The van der Waals surface area contributed by atoms with E-state index in [1.54, 1.807) is 6.07 Å². The number of ether oxygens (including phenoxy) is 8. The molecule has 0 spiro atoms. The third-order valence-corrected chi connectivity index (χ3v) is 8.78. The maximum absolute atomic E-state index is 11.6. The van der Waals surface area contributed by atoms with Crippen LogP contribution in [-0.2, 0) is 55.7 Å². The molecule has 0 saturated heterocycles. The van der Waals surface area contributed by atoms with Gasteiger partial charge in [0.1, 0.15) is 29.1 Å². The number of hydrogen-bond acceptors (Lipinski definition) is 17. The zero-order valence-electron chi connectivity index (χ0n) is 37.0. The molecule has 0 atom stereocenters. The van der Waals surface area contributed by atoms with Crippen LogP contribution in [0.5, 0.6) is 0 Å². The lowest BCUT2D eigenvalue weighted by Crippen LogP contribution is -2.14. The van der Waals surface area contributed by atoms with Crippen LogP contribution in [-0.4, -0.2) is 143 Å². The Kier molecular flexibility index (Phi) is 26.8. The SMILES string of the molecule is CCC(=O)CCc1ccc(Cn2nc(-c3ccc4oc(N)nc4c3)c3c(N)ncnc32)cc1.CCOCCOCCOCCOCC.CCOCCOCCOCCOCCN. The van der Waals surface area contributed by atoms with Crippen LogP contribution >= 0.6 is 0 Å². The zero-order chi connectivity index (χ0) is 44.6. The van der Waals surface area contributed by atoms with Crippen molar-refractivity contribution in [2.45, 2.75) is 53.5 Å². The molecule has 0 aliphatic heterocycles. The van der Waals surface area contributed by atoms with E-state index in [9.17, 15) is 4.79 Å². The third-order valence-electron chi connectivity index (χ3n) is 8.78. The van der Waals surface area contributed by atoms with Gasteiger partial charge in [0.25, 0.3) is 6.01 Å². The standard InChI is InChI=1S/C24H23N7O2.C10H23NO4.C10H22O4/c1-2-17(32)9-7-14-3-5-15(6-4-14)12-31-23-20(22(25)27-13-28-23)21(30-31)16-8-10-19-18(11-16)29-24(26)33-19;1-2-12-5-6-14-9-10-15-8-7-13-4-3-11;1-3-11-5-7-13-9-10-14-8-6-12-4-2/h3-6,8,10-11,13H,2,7,9,12H2,1H3,(H2,26,29)(H2,25,27,28);2-11H2,1H3;3-10H2,1-2H3. The van der Waals surface area contributed by atoms with Crippen molar-refractivity contribution in [1.29, 1.82) is 0 Å². The van der Waals surface area contributed by atoms with Gasteiger partial charge in [-0.3, -0.25) is 4.79 Å². The summed E-state index contributed by atoms with van der Waals surface area (Å²) in [5, 5.41) is 5.51. The van der Waals surface area contributed by atoms with Gasteiger partial charge < -0.3 is 59.5 Å². The van der Waals surface area contributed by atoms with Crippen LogP contribution in [0.2, 0.25) is 0 Å². The molecule has 0 aliphatic carbocycles. The second-order valence-electron chi connectivity index (χ2n) is 13.3. The first-order valence-corrected chi connectivity index (χ1v) is 21.4. The number of hydrogen-bond donors (Lipinski definition) is 3. The van der Waals surface area contributed by atoms with Gasteiger partial charge in [-0.05, 0) is 56.5 Å². The van der Waals surface area contributed by atoms with Crippen LogP contribution in [0.15, 0.2) is 53.2 Å². The summed E-state index contributed by atoms with van der Waals surface area (Å²) in [6, 6.07) is 13.9. The summed E-state index contributed by atoms with van der Waals surface area (Å²) in [5.74, 6) is 0.635. The molecule has 18 heteroatoms. The number of carbonyl (C=O) groups excluding carboxylic acids is 1. The molecule has 0 amide bonds. The number of carbonyl (C=O) groups is 1. The first kappa shape index (κ1) is 51.7. The van der Waals surface area contributed by atoms with Gasteiger partial charge in [-0.15, -0.1) is 0 Å². The molecule has 5 aromatic rings. The topological polar surface area (TPSA) is 239 Å². The quantitative estimate of drug-likeness (QED) is 0.0521. The van der Waals surface area contributed by atoms with Crippen molar-refractivity contribution in [2.24, 2.45) is 5.73 Å². The largest absolute Gasteiger partial charge is 0.424 e. The smallest absolute Gasteiger partial charge is 0.292 e. The summed E-state index contributed by atoms with van der Waals surface area (Å²) >= 11 is 0. The molecule has 0 saturated carbocycles. The van der Waals surface area contributed by atoms with E-state index in [1.165, 1.54) is 6.33 Å². The number of aromatic nitrogens is 5. The number of aryl methyl sites for hydroxylation is 1. The highest BCUT2D eigenvalue weighted by Crippen LogP contribution is 2.32. The molecule has 6 N–H and O–H groups in total. The monoisotopic (exact) mass is 869 g/mol. The van der Waals surface area contributed by atoms with E-state index >= 15 is 0 Å². The molecular formula is C44H68N8O10. The van der Waals surface area contributed by atoms with Crippen molar-refractivity contribution in [3.63, 3.8) is 0 Å². The molecule has 62 heavy (non-hydrogen) atoms. The van der Waals surface area contributed by atoms with Crippen LogP contribution in [0.25, 0.3) is 33.4 Å². The first-order chi connectivity index (χ1) is 30.3. The van der Waals surface area contributed by atoms with E-state index < -0.39 is 0 Å². The van der Waals surface area contributed by atoms with Crippen LogP contribution in [0.4, 0.5) is 11.8 Å². The zero-order valence-corrected chi connectivity index (χ0v) is 37.0. The van der Waals surface area contributed by atoms with Crippen molar-refractivity contribution in [2.75, 3.05) is 124 Å². The Morgan fingerprint density at radius 2 is 1.18 bits per heavy atom. The van der Waals surface area contributed by atoms with Crippen LogP contribution in [0.1, 0.15) is 51.7 Å². The second kappa shape index (κ2) is 32.1. The molecule has 2 aromatic carbocycles. The number of benzene rings is 2. The molecule has 0 unspecified atom stereocenters. The van der Waals surface area contributed by atoms with Crippen molar-refractivity contribution in [3.8, 4) is 11.3 Å². The average molecular weight is 869 g/mol. The predicted molar refractivity (Wildman–Crippen MR) is 239 cm³/mol. The molecule has 344 valence electrons. The van der Waals surface area contributed by atoms with Gasteiger partial charge in [-0.1, -0.05) is 31.2 Å². The molecule has 3 heterocycles. The fourth-order valence-corrected chi connectivity index (χ4v) is 5.61. The summed E-state index contributed by atoms with van der Waals surface area (Å²) in [5.41, 5.74) is 22.7. The Morgan fingerprint density at radius 1 is 0.661 bits per heavy atom. The highest BCUT2D eigenvalue weighted by molar-refractivity contribution is 5.99. The number of nitrogens with zero attached hydrogens (tertiary/aromatic N) is 5. The number of nitrogen functional groups attached to an aromatic ring is 2. The van der Waals surface area contributed by atoms with Gasteiger partial charge in [0, 0.05) is 44.8 Å². The van der Waals surface area contributed by atoms with Gasteiger partial charge in [0.2, 0.25) is 0 Å². The van der Waals surface area contributed by atoms with Gasteiger partial charge in [0.15, 0.2) is 11.2 Å². The van der Waals surface area contributed by atoms with Crippen molar-refractivity contribution < 1.29 is 47.1 Å². The average Bonchev–Trinajstić information content (AvgIpc) is 3.86. The maximum Gasteiger partial charge on any atom is 0.292 e. The summed E-state index contributed by atoms with van der Waals surface area (Å²) in [6.45, 7) is 19.2. The Bertz CT molecular complexity index is 1900. The Hall–Kier alpha value is -4.63. The maximum atomic E-state index is 11.6. The van der Waals surface area contributed by atoms with E-state index in [4.69, 9.17) is 64.6 Å². The lowest BCUT2D eigenvalue weighted by atomic mass is 10.0. The fourth-order valence-electron chi connectivity index (χ4n) is 5.61. The fraction of sp³-hybridized carbons (Fsp3) is 0.568. The molecular weight excluding hydrogens is 801 g/mol. The lowest BCUT2D eigenvalue weighted by molar-refractivity contribution is -0.118. The Balaban J connectivity index is 0.000000295. The van der Waals surface area contributed by atoms with Crippen LogP contribution < -0.4 is 17.2 Å². The molecule has 3 aromatic heterocycles. The number of oxazole rings is 1. The minimum absolute atomic E-state index is 0.114. The predicted octanol–water partition coefficient (Wildman–Crippen LogP) is 4.88. The van der Waals surface area contributed by atoms with Crippen molar-refractivity contribution in [3.05, 3.63) is 59.9 Å². The number of fused-ring (bicyclic) bond motifs is 2. The number of rotatable bonds is 30. The van der Waals surface area contributed by atoms with E-state index in [1.807, 2.05) is 56.6 Å². The minimum atomic E-state index is 0.114. The van der Waals surface area contributed by atoms with Gasteiger partial charge in [-0.2, -0.15) is 10.1 Å². The molecule has 18 nitrogen and oxygen atoms in total. The Morgan fingerprint density at radius 3 is 1.69 bits per heavy atom. The number of ketones is 1. The van der Waals surface area contributed by atoms with Gasteiger partial charge >= 0.3 is 0 Å². The number of nitrogens with two attached hydrogens (primary N) is 3. The molecule has 0 fully saturated rings. The van der Waals surface area contributed by atoms with E-state index in [0.29, 0.717) is 145 Å². The first-order valence-electron chi connectivity index (χ1n) is 21.4. The minimum Gasteiger partial charge on any atom is -0.424 e. The van der Waals surface area contributed by atoms with Crippen LogP contribution in [0, 0.1) is 0 Å². The summed E-state index contributed by atoms with van der Waals surface area (Å²) < 4.78 is 48.7. The highest BCUT2D eigenvalue weighted by atomic mass is 16.6. The van der Waals surface area contributed by atoms with Gasteiger partial charge in [0.05, 0.1) is 97.8 Å². The van der Waals surface area contributed by atoms with Crippen LogP contribution in [0.3, 0.4) is 0 Å². The van der Waals surface area contributed by atoms with Crippen molar-refractivity contribution in [1.82, 2.24) is 24.7 Å². The summed E-state index contributed by atoms with van der Waals surface area (Å²) in [7, 11) is 0. The molecule has 0 radical (unpaired) electrons. The highest BCUT2D eigenvalue weighted by Gasteiger charge is 2.18. The summed E-state index contributed by atoms with van der Waals surface area (Å²) in [6.07, 6.45) is 3.34.